The van der Waals surface area contributed by atoms with Gasteiger partial charge in [0.25, 0.3) is 5.91 Å². The number of aromatic nitrogens is 2. The number of hydrogen-bond donors (Lipinski definition) is 2. The van der Waals surface area contributed by atoms with E-state index in [1.807, 2.05) is 5.38 Å². The molecule has 1 amide bonds. The SMILES string of the molecule is Cn1ncc(Cl)c1-c1csc(C(=O)N[C@@H]2CNCC[C@H]2c2ccc(Cl)c(C(F)(F)F)c2)c1. The molecule has 32 heavy (non-hydrogen) atoms. The fourth-order valence-electron chi connectivity index (χ4n) is 3.95. The van der Waals surface area contributed by atoms with Crippen LogP contribution in [0, 0.1) is 0 Å². The van der Waals surface area contributed by atoms with E-state index in [1.165, 1.54) is 23.6 Å². The van der Waals surface area contributed by atoms with Gasteiger partial charge in [-0.15, -0.1) is 11.3 Å². The van der Waals surface area contributed by atoms with E-state index in [9.17, 15) is 18.0 Å². The summed E-state index contributed by atoms with van der Waals surface area (Å²) in [6.07, 6.45) is -2.42. The Hall–Kier alpha value is -2.07. The van der Waals surface area contributed by atoms with Crippen molar-refractivity contribution in [3.05, 3.63) is 61.9 Å². The van der Waals surface area contributed by atoms with Gasteiger partial charge in [-0.3, -0.25) is 9.48 Å². The van der Waals surface area contributed by atoms with Crippen LogP contribution in [0.15, 0.2) is 35.8 Å². The van der Waals surface area contributed by atoms with Crippen molar-refractivity contribution in [2.45, 2.75) is 24.6 Å². The summed E-state index contributed by atoms with van der Waals surface area (Å²) in [5.41, 5.74) is 1.12. The topological polar surface area (TPSA) is 59.0 Å². The van der Waals surface area contributed by atoms with Crippen LogP contribution in [0.25, 0.3) is 11.3 Å². The number of thiophene rings is 1. The number of halogens is 5. The molecule has 0 unspecified atom stereocenters. The van der Waals surface area contributed by atoms with Crippen LogP contribution >= 0.6 is 34.5 Å². The molecule has 2 aromatic heterocycles. The lowest BCUT2D eigenvalue weighted by molar-refractivity contribution is -0.137. The molecule has 1 aromatic carbocycles. The van der Waals surface area contributed by atoms with Crippen molar-refractivity contribution in [3.8, 4) is 11.3 Å². The molecule has 170 valence electrons. The highest BCUT2D eigenvalue weighted by atomic mass is 35.5. The molecule has 0 bridgehead atoms. The van der Waals surface area contributed by atoms with Crippen molar-refractivity contribution in [3.63, 3.8) is 0 Å². The van der Waals surface area contributed by atoms with Crippen LogP contribution in [0.4, 0.5) is 13.2 Å². The predicted molar refractivity (Wildman–Crippen MR) is 119 cm³/mol. The Morgan fingerprint density at radius 3 is 2.75 bits per heavy atom. The number of alkyl halides is 3. The molecular weight excluding hydrogens is 484 g/mol. The maximum atomic E-state index is 13.3. The number of hydrogen-bond acceptors (Lipinski definition) is 4. The molecule has 0 aliphatic carbocycles. The second kappa shape index (κ2) is 9.05. The maximum absolute atomic E-state index is 13.3. The minimum atomic E-state index is -4.54. The number of carbonyl (C=O) groups is 1. The first-order valence-corrected chi connectivity index (χ1v) is 11.4. The monoisotopic (exact) mass is 502 g/mol. The zero-order valence-electron chi connectivity index (χ0n) is 16.8. The third kappa shape index (κ3) is 4.66. The minimum absolute atomic E-state index is 0.274. The van der Waals surface area contributed by atoms with Crippen LogP contribution < -0.4 is 10.6 Å². The number of benzene rings is 1. The summed E-state index contributed by atoms with van der Waals surface area (Å²) in [5, 5.41) is 12.3. The Morgan fingerprint density at radius 1 is 1.28 bits per heavy atom. The number of nitrogens with one attached hydrogen (secondary N) is 2. The van der Waals surface area contributed by atoms with Crippen molar-refractivity contribution < 1.29 is 18.0 Å². The van der Waals surface area contributed by atoms with Crippen LogP contribution in [0.1, 0.15) is 33.1 Å². The summed E-state index contributed by atoms with van der Waals surface area (Å²) in [6, 6.07) is 5.32. The molecule has 2 atom stereocenters. The van der Waals surface area contributed by atoms with E-state index in [1.54, 1.807) is 23.9 Å². The van der Waals surface area contributed by atoms with Crippen molar-refractivity contribution in [2.75, 3.05) is 13.1 Å². The molecule has 0 spiro atoms. The van der Waals surface area contributed by atoms with Crippen molar-refractivity contribution >= 4 is 40.4 Å². The average molecular weight is 503 g/mol. The van der Waals surface area contributed by atoms with Gasteiger partial charge in [-0.25, -0.2) is 0 Å². The second-order valence-corrected chi connectivity index (χ2v) is 9.31. The molecule has 0 saturated carbocycles. The van der Waals surface area contributed by atoms with Crippen molar-refractivity contribution in [1.82, 2.24) is 20.4 Å². The van der Waals surface area contributed by atoms with Gasteiger partial charge >= 0.3 is 6.18 Å². The molecule has 1 fully saturated rings. The summed E-state index contributed by atoms with van der Waals surface area (Å²) >= 11 is 13.2. The van der Waals surface area contributed by atoms with E-state index < -0.39 is 11.7 Å². The van der Waals surface area contributed by atoms with Gasteiger partial charge in [0, 0.05) is 36.5 Å². The number of rotatable bonds is 4. The first kappa shape index (κ1) is 23.1. The second-order valence-electron chi connectivity index (χ2n) is 7.58. The van der Waals surface area contributed by atoms with Gasteiger partial charge in [-0.1, -0.05) is 29.3 Å². The molecule has 1 saturated heterocycles. The Bertz CT molecular complexity index is 1130. The molecule has 11 heteroatoms. The van der Waals surface area contributed by atoms with Gasteiger partial charge in [-0.05, 0) is 36.7 Å². The Balaban J connectivity index is 1.55. The molecule has 1 aliphatic rings. The summed E-state index contributed by atoms with van der Waals surface area (Å²) in [5.74, 6) is -0.562. The summed E-state index contributed by atoms with van der Waals surface area (Å²) in [4.78, 5) is 13.4. The Morgan fingerprint density at radius 2 is 2.06 bits per heavy atom. The first-order chi connectivity index (χ1) is 15.1. The van der Waals surface area contributed by atoms with Crippen LogP contribution in [0.2, 0.25) is 10.0 Å². The van der Waals surface area contributed by atoms with E-state index in [2.05, 4.69) is 15.7 Å². The highest BCUT2D eigenvalue weighted by Gasteiger charge is 2.35. The molecule has 1 aliphatic heterocycles. The molecular formula is C21H19Cl2F3N4OS. The fourth-order valence-corrected chi connectivity index (χ4v) is 5.25. The highest BCUT2D eigenvalue weighted by Crippen LogP contribution is 2.38. The van der Waals surface area contributed by atoms with Gasteiger partial charge in [0.2, 0.25) is 0 Å². The van der Waals surface area contributed by atoms with Crippen molar-refractivity contribution in [1.29, 1.82) is 0 Å². The Kier molecular flexibility index (Phi) is 6.53. The van der Waals surface area contributed by atoms with Crippen LogP contribution in [0.5, 0.6) is 0 Å². The highest BCUT2D eigenvalue weighted by molar-refractivity contribution is 7.12. The summed E-state index contributed by atoms with van der Waals surface area (Å²) < 4.78 is 41.6. The average Bonchev–Trinajstić information content (AvgIpc) is 3.34. The zero-order chi connectivity index (χ0) is 23.0. The van der Waals surface area contributed by atoms with Crippen LogP contribution in [-0.4, -0.2) is 34.8 Å². The lowest BCUT2D eigenvalue weighted by Gasteiger charge is -2.33. The van der Waals surface area contributed by atoms with E-state index in [0.29, 0.717) is 40.7 Å². The van der Waals surface area contributed by atoms with E-state index in [-0.39, 0.29) is 22.9 Å². The normalized spacial score (nSPS) is 19.2. The third-order valence-electron chi connectivity index (χ3n) is 5.51. The predicted octanol–water partition coefficient (Wildman–Crippen LogP) is 5.35. The van der Waals surface area contributed by atoms with E-state index in [0.717, 1.165) is 11.6 Å². The number of piperidine rings is 1. The fraction of sp³-hybridized carbons (Fsp3) is 0.333. The van der Waals surface area contributed by atoms with E-state index in [4.69, 9.17) is 23.2 Å². The van der Waals surface area contributed by atoms with Crippen molar-refractivity contribution in [2.24, 2.45) is 7.05 Å². The largest absolute Gasteiger partial charge is 0.417 e. The molecule has 3 aromatic rings. The zero-order valence-corrected chi connectivity index (χ0v) is 19.2. The Labute approximate surface area is 196 Å². The van der Waals surface area contributed by atoms with E-state index >= 15 is 0 Å². The minimum Gasteiger partial charge on any atom is -0.347 e. The molecule has 4 rings (SSSR count). The van der Waals surface area contributed by atoms with Gasteiger partial charge in [-0.2, -0.15) is 18.3 Å². The van der Waals surface area contributed by atoms with Gasteiger partial charge < -0.3 is 10.6 Å². The van der Waals surface area contributed by atoms with Gasteiger partial charge in [0.15, 0.2) is 0 Å². The quantitative estimate of drug-likeness (QED) is 0.505. The number of nitrogens with zero attached hydrogens (tertiary/aromatic N) is 2. The lowest BCUT2D eigenvalue weighted by atomic mass is 9.85. The summed E-state index contributed by atoms with van der Waals surface area (Å²) in [6.45, 7) is 1.09. The van der Waals surface area contributed by atoms with Gasteiger partial charge in [0.1, 0.15) is 0 Å². The summed E-state index contributed by atoms with van der Waals surface area (Å²) in [7, 11) is 1.76. The molecule has 0 radical (unpaired) electrons. The number of amides is 1. The third-order valence-corrected chi connectivity index (χ3v) is 7.05. The number of carbonyl (C=O) groups excluding carboxylic acids is 1. The molecule has 2 N–H and O–H groups in total. The van der Waals surface area contributed by atoms with Crippen LogP contribution in [0.3, 0.4) is 0 Å². The molecule has 3 heterocycles. The smallest absolute Gasteiger partial charge is 0.347 e. The standard InChI is InChI=1S/C21H19Cl2F3N4OS/c1-30-19(16(23)8-28-30)12-7-18(32-10-12)20(31)29-17-9-27-5-4-13(17)11-2-3-15(22)14(6-11)21(24,25)26/h2-3,6-8,10,13,17,27H,4-5,9H2,1H3,(H,29,31)/t13-,17+/m0/s1. The first-order valence-electron chi connectivity index (χ1n) is 9.79. The van der Waals surface area contributed by atoms with Gasteiger partial charge in [0.05, 0.1) is 32.4 Å². The molecule has 5 nitrogen and oxygen atoms in total. The lowest BCUT2D eigenvalue weighted by Crippen LogP contribution is -2.49. The maximum Gasteiger partial charge on any atom is 0.417 e. The van der Waals surface area contributed by atoms with Crippen LogP contribution in [-0.2, 0) is 13.2 Å². The number of aryl methyl sites for hydroxylation is 1.